The highest BCUT2D eigenvalue weighted by Gasteiger charge is 2.41. The number of ketones is 1. The lowest BCUT2D eigenvalue weighted by Gasteiger charge is -2.34. The van der Waals surface area contributed by atoms with Crippen molar-refractivity contribution in [2.45, 2.75) is 59.6 Å². The van der Waals surface area contributed by atoms with Crippen LogP contribution >= 0.6 is 0 Å². The molecule has 0 aromatic carbocycles. The van der Waals surface area contributed by atoms with Crippen molar-refractivity contribution < 1.29 is 14.3 Å². The monoisotopic (exact) mass is 241 g/mol. The average Bonchev–Trinajstić information content (AvgIpc) is 2.59. The van der Waals surface area contributed by atoms with E-state index in [0.717, 1.165) is 6.42 Å². The molecule has 1 fully saturated rings. The first kappa shape index (κ1) is 14.0. The first-order valence-corrected chi connectivity index (χ1v) is 6.24. The first-order valence-electron chi connectivity index (χ1n) is 6.24. The second-order valence-corrected chi connectivity index (χ2v) is 5.86. The Balaban J connectivity index is 2.74. The van der Waals surface area contributed by atoms with E-state index in [0.29, 0.717) is 6.42 Å². The third kappa shape index (κ3) is 3.45. The molecule has 0 bridgehead atoms. The van der Waals surface area contributed by atoms with Crippen molar-refractivity contribution in [3.8, 4) is 0 Å². The zero-order valence-electron chi connectivity index (χ0n) is 11.4. The van der Waals surface area contributed by atoms with Crippen LogP contribution in [0, 0.1) is 5.41 Å². The average molecular weight is 241 g/mol. The molecule has 0 spiro atoms. The van der Waals surface area contributed by atoms with Crippen molar-refractivity contribution in [1.82, 2.24) is 4.90 Å². The molecule has 1 saturated heterocycles. The van der Waals surface area contributed by atoms with Gasteiger partial charge < -0.3 is 4.74 Å². The normalized spacial score (nSPS) is 22.8. The number of nitrogens with zero attached hydrogens (tertiary/aromatic N) is 1. The summed E-state index contributed by atoms with van der Waals surface area (Å²) in [6.45, 7) is 10.1. The van der Waals surface area contributed by atoms with E-state index in [9.17, 15) is 9.59 Å². The van der Waals surface area contributed by atoms with Gasteiger partial charge >= 0.3 is 6.09 Å². The maximum absolute atomic E-state index is 12.0. The molecule has 0 aliphatic carbocycles. The molecule has 4 heteroatoms. The van der Waals surface area contributed by atoms with Gasteiger partial charge in [-0.05, 0) is 18.8 Å². The summed E-state index contributed by atoms with van der Waals surface area (Å²) in [7, 11) is 0. The van der Waals surface area contributed by atoms with Gasteiger partial charge in [-0.25, -0.2) is 4.79 Å². The van der Waals surface area contributed by atoms with E-state index >= 15 is 0 Å². The molecule has 1 aliphatic rings. The number of ether oxygens (including phenoxy) is 1. The minimum Gasteiger partial charge on any atom is -0.446 e. The number of carbonyl (C=O) groups is 2. The number of carbonyl (C=O) groups excluding carboxylic acids is 2. The van der Waals surface area contributed by atoms with E-state index in [1.807, 2.05) is 34.6 Å². The number of Topliss-reactive ketones (excluding diaryl/α,β-unsaturated/α-hetero) is 1. The molecule has 0 radical (unpaired) electrons. The summed E-state index contributed by atoms with van der Waals surface area (Å²) in [6, 6.07) is -0.0495. The Hall–Kier alpha value is -1.06. The molecule has 0 saturated carbocycles. The fraction of sp³-hybridized carbons (Fsp3) is 0.846. The van der Waals surface area contributed by atoms with E-state index in [2.05, 4.69) is 0 Å². The molecule has 17 heavy (non-hydrogen) atoms. The van der Waals surface area contributed by atoms with E-state index in [1.165, 1.54) is 0 Å². The highest BCUT2D eigenvalue weighted by Crippen LogP contribution is 2.31. The van der Waals surface area contributed by atoms with Gasteiger partial charge in [-0.1, -0.05) is 27.7 Å². The predicted molar refractivity (Wildman–Crippen MR) is 65.8 cm³/mol. The largest absolute Gasteiger partial charge is 0.446 e. The van der Waals surface area contributed by atoms with E-state index in [1.54, 1.807) is 4.90 Å². The summed E-state index contributed by atoms with van der Waals surface area (Å²) in [4.78, 5) is 25.1. The maximum Gasteiger partial charge on any atom is 0.410 e. The van der Waals surface area contributed by atoms with Gasteiger partial charge in [0.1, 0.15) is 6.10 Å². The Labute approximate surface area is 103 Å². The molecule has 1 rings (SSSR count). The second-order valence-electron chi connectivity index (χ2n) is 5.86. The Morgan fingerprint density at radius 2 is 2.12 bits per heavy atom. The quantitative estimate of drug-likeness (QED) is 0.746. The molecular weight excluding hydrogens is 218 g/mol. The number of hydrogen-bond acceptors (Lipinski definition) is 3. The van der Waals surface area contributed by atoms with Gasteiger partial charge in [-0.15, -0.1) is 0 Å². The zero-order chi connectivity index (χ0) is 13.2. The van der Waals surface area contributed by atoms with E-state index in [4.69, 9.17) is 4.74 Å². The topological polar surface area (TPSA) is 46.6 Å². The van der Waals surface area contributed by atoms with Crippen molar-refractivity contribution in [2.75, 3.05) is 6.54 Å². The molecular formula is C13H23NO3. The SMILES string of the molecule is CC[C@@H](C)OC(=O)N1CC(=O)CC1C(C)(C)C. The molecule has 0 aromatic rings. The summed E-state index contributed by atoms with van der Waals surface area (Å²) in [5.41, 5.74) is -0.0966. The lowest BCUT2D eigenvalue weighted by molar-refractivity contribution is -0.117. The van der Waals surface area contributed by atoms with E-state index in [-0.39, 0.29) is 36.0 Å². The van der Waals surface area contributed by atoms with Gasteiger partial charge in [0.15, 0.2) is 5.78 Å². The minimum atomic E-state index is -0.356. The van der Waals surface area contributed by atoms with Crippen molar-refractivity contribution in [3.63, 3.8) is 0 Å². The minimum absolute atomic E-state index is 0.0495. The summed E-state index contributed by atoms with van der Waals surface area (Å²) in [5, 5.41) is 0. The van der Waals surface area contributed by atoms with Crippen molar-refractivity contribution in [1.29, 1.82) is 0 Å². The highest BCUT2D eigenvalue weighted by atomic mass is 16.6. The van der Waals surface area contributed by atoms with Gasteiger partial charge in [0.05, 0.1) is 6.54 Å². The molecule has 0 aromatic heterocycles. The number of hydrogen-bond donors (Lipinski definition) is 0. The third-order valence-corrected chi connectivity index (χ3v) is 3.26. The second kappa shape index (κ2) is 5.07. The fourth-order valence-corrected chi connectivity index (χ4v) is 1.98. The highest BCUT2D eigenvalue weighted by molar-refractivity contribution is 5.88. The smallest absolute Gasteiger partial charge is 0.410 e. The molecule has 0 N–H and O–H groups in total. The summed E-state index contributed by atoms with van der Waals surface area (Å²) >= 11 is 0. The Kier molecular flexibility index (Phi) is 4.17. The van der Waals surface area contributed by atoms with Gasteiger partial charge in [-0.3, -0.25) is 9.69 Å². The van der Waals surface area contributed by atoms with Crippen LogP contribution in [0.4, 0.5) is 4.79 Å². The zero-order valence-corrected chi connectivity index (χ0v) is 11.4. The molecule has 4 nitrogen and oxygen atoms in total. The standard InChI is InChI=1S/C13H23NO3/c1-6-9(2)17-12(16)14-8-10(15)7-11(14)13(3,4)5/h9,11H,6-8H2,1-5H3/t9-,11?/m1/s1. The van der Waals surface area contributed by atoms with Crippen LogP contribution in [-0.4, -0.2) is 35.5 Å². The van der Waals surface area contributed by atoms with Gasteiger partial charge in [0.2, 0.25) is 0 Å². The Morgan fingerprint density at radius 1 is 1.53 bits per heavy atom. The van der Waals surface area contributed by atoms with Crippen LogP contribution in [0.5, 0.6) is 0 Å². The molecule has 1 heterocycles. The number of rotatable bonds is 2. The van der Waals surface area contributed by atoms with Crippen LogP contribution in [0.1, 0.15) is 47.5 Å². The van der Waals surface area contributed by atoms with Crippen LogP contribution in [0.15, 0.2) is 0 Å². The first-order chi connectivity index (χ1) is 7.75. The lowest BCUT2D eigenvalue weighted by atomic mass is 9.85. The summed E-state index contributed by atoms with van der Waals surface area (Å²) in [5.74, 6) is 0.117. The summed E-state index contributed by atoms with van der Waals surface area (Å²) in [6.07, 6.45) is 0.774. The third-order valence-electron chi connectivity index (χ3n) is 3.26. The van der Waals surface area contributed by atoms with Gasteiger partial charge in [0.25, 0.3) is 0 Å². The van der Waals surface area contributed by atoms with Crippen LogP contribution in [-0.2, 0) is 9.53 Å². The Morgan fingerprint density at radius 3 is 2.59 bits per heavy atom. The van der Waals surface area contributed by atoms with Crippen molar-refractivity contribution in [3.05, 3.63) is 0 Å². The maximum atomic E-state index is 12.0. The molecule has 1 amide bonds. The molecule has 98 valence electrons. The van der Waals surface area contributed by atoms with Crippen molar-refractivity contribution >= 4 is 11.9 Å². The van der Waals surface area contributed by atoms with E-state index < -0.39 is 0 Å². The van der Waals surface area contributed by atoms with Crippen molar-refractivity contribution in [2.24, 2.45) is 5.41 Å². The van der Waals surface area contributed by atoms with Crippen LogP contribution in [0.25, 0.3) is 0 Å². The van der Waals surface area contributed by atoms with Gasteiger partial charge in [0, 0.05) is 12.5 Å². The summed E-state index contributed by atoms with van der Waals surface area (Å²) < 4.78 is 5.29. The number of likely N-dealkylation sites (tertiary alicyclic amines) is 1. The fourth-order valence-electron chi connectivity index (χ4n) is 1.98. The van der Waals surface area contributed by atoms with Crippen LogP contribution in [0.3, 0.4) is 0 Å². The van der Waals surface area contributed by atoms with Crippen LogP contribution < -0.4 is 0 Å². The number of amides is 1. The Bertz CT molecular complexity index is 306. The predicted octanol–water partition coefficient (Wildman–Crippen LogP) is 2.61. The molecule has 1 unspecified atom stereocenters. The van der Waals surface area contributed by atoms with Crippen LogP contribution in [0.2, 0.25) is 0 Å². The lowest BCUT2D eigenvalue weighted by Crippen LogP contribution is -2.44. The van der Waals surface area contributed by atoms with Gasteiger partial charge in [-0.2, -0.15) is 0 Å². The molecule has 1 aliphatic heterocycles. The molecule has 2 atom stereocenters.